The van der Waals surface area contributed by atoms with Crippen molar-refractivity contribution in [2.24, 2.45) is 12.0 Å². The fourth-order valence-corrected chi connectivity index (χ4v) is 3.77. The Morgan fingerprint density at radius 1 is 1.36 bits per heavy atom. The predicted octanol–water partition coefficient (Wildman–Crippen LogP) is 3.48. The Kier molecular flexibility index (Phi) is 9.60. The van der Waals surface area contributed by atoms with Gasteiger partial charge in [-0.15, -0.1) is 35.7 Å². The van der Waals surface area contributed by atoms with Crippen LogP contribution in [0, 0.1) is 6.92 Å². The molecule has 1 atom stereocenters. The number of guanidine groups is 1. The molecule has 1 aliphatic heterocycles. The van der Waals surface area contributed by atoms with Crippen molar-refractivity contribution < 1.29 is 4.74 Å². The molecule has 1 N–H and O–H groups in total. The predicted molar refractivity (Wildman–Crippen MR) is 127 cm³/mol. The van der Waals surface area contributed by atoms with Crippen LogP contribution in [0.15, 0.2) is 46.5 Å². The minimum atomic E-state index is 0. The Morgan fingerprint density at radius 2 is 2.14 bits per heavy atom. The van der Waals surface area contributed by atoms with E-state index in [1.165, 1.54) is 10.5 Å². The SMILES string of the molecule is CCNC(=NCCSc1ccc(C)cc1)N1CCOC(c2cnn(C)c2)C1.I. The summed E-state index contributed by atoms with van der Waals surface area (Å²) < 4.78 is 7.77. The van der Waals surface area contributed by atoms with E-state index in [9.17, 15) is 0 Å². The molecule has 1 aromatic carbocycles. The van der Waals surface area contributed by atoms with E-state index in [0.717, 1.165) is 43.5 Å². The number of nitrogens with one attached hydrogen (secondary N) is 1. The molecule has 0 amide bonds. The lowest BCUT2D eigenvalue weighted by molar-refractivity contribution is -0.00802. The molecule has 1 aliphatic rings. The van der Waals surface area contributed by atoms with E-state index in [-0.39, 0.29) is 30.1 Å². The molecule has 3 rings (SSSR count). The molecule has 2 aromatic rings. The molecule has 1 aromatic heterocycles. The number of thioether (sulfide) groups is 1. The van der Waals surface area contributed by atoms with Gasteiger partial charge in [-0.2, -0.15) is 5.10 Å². The van der Waals surface area contributed by atoms with Gasteiger partial charge in [0.1, 0.15) is 6.10 Å². The quantitative estimate of drug-likeness (QED) is 0.210. The van der Waals surface area contributed by atoms with Gasteiger partial charge in [0, 0.05) is 42.5 Å². The van der Waals surface area contributed by atoms with Gasteiger partial charge in [0.25, 0.3) is 0 Å². The van der Waals surface area contributed by atoms with Crippen LogP contribution in [0.1, 0.15) is 24.2 Å². The van der Waals surface area contributed by atoms with Crippen molar-refractivity contribution in [3.63, 3.8) is 0 Å². The normalized spacial score (nSPS) is 17.3. The van der Waals surface area contributed by atoms with Crippen LogP contribution < -0.4 is 5.32 Å². The number of ether oxygens (including phenoxy) is 1. The molecule has 0 bridgehead atoms. The third kappa shape index (κ3) is 6.66. The van der Waals surface area contributed by atoms with Gasteiger partial charge in [-0.1, -0.05) is 17.7 Å². The molecular formula is C20H30IN5OS. The monoisotopic (exact) mass is 515 g/mol. The fraction of sp³-hybridized carbons (Fsp3) is 0.500. The summed E-state index contributed by atoms with van der Waals surface area (Å²) in [5.74, 6) is 1.94. The van der Waals surface area contributed by atoms with Gasteiger partial charge >= 0.3 is 0 Å². The second-order valence-electron chi connectivity index (χ2n) is 6.65. The second-order valence-corrected chi connectivity index (χ2v) is 7.82. The number of aryl methyl sites for hydroxylation is 2. The molecule has 2 heterocycles. The maximum absolute atomic E-state index is 5.95. The van der Waals surface area contributed by atoms with Crippen LogP contribution in [0.25, 0.3) is 0 Å². The number of hydrogen-bond acceptors (Lipinski definition) is 4. The highest BCUT2D eigenvalue weighted by Gasteiger charge is 2.25. The summed E-state index contributed by atoms with van der Waals surface area (Å²) in [5, 5.41) is 7.69. The van der Waals surface area contributed by atoms with Crippen LogP contribution >= 0.6 is 35.7 Å². The zero-order chi connectivity index (χ0) is 19.1. The van der Waals surface area contributed by atoms with E-state index >= 15 is 0 Å². The lowest BCUT2D eigenvalue weighted by Gasteiger charge is -2.34. The van der Waals surface area contributed by atoms with Crippen LogP contribution in [0.2, 0.25) is 0 Å². The van der Waals surface area contributed by atoms with E-state index in [0.29, 0.717) is 6.61 Å². The highest BCUT2D eigenvalue weighted by molar-refractivity contribution is 14.0. The Bertz CT molecular complexity index is 749. The molecular weight excluding hydrogens is 485 g/mol. The third-order valence-corrected chi connectivity index (χ3v) is 5.43. The Balaban J connectivity index is 0.00000280. The first-order valence-corrected chi connectivity index (χ1v) is 10.5. The van der Waals surface area contributed by atoms with Gasteiger partial charge in [-0.05, 0) is 26.0 Å². The van der Waals surface area contributed by atoms with Gasteiger partial charge in [0.05, 0.1) is 25.9 Å². The molecule has 8 heteroatoms. The van der Waals surface area contributed by atoms with Crippen LogP contribution in [-0.4, -0.2) is 59.2 Å². The topological polar surface area (TPSA) is 54.7 Å². The first-order valence-electron chi connectivity index (χ1n) is 9.48. The first kappa shape index (κ1) is 23.0. The van der Waals surface area contributed by atoms with Crippen LogP contribution in [0.5, 0.6) is 0 Å². The second kappa shape index (κ2) is 11.7. The van der Waals surface area contributed by atoms with Crippen molar-refractivity contribution in [2.45, 2.75) is 24.8 Å². The summed E-state index contributed by atoms with van der Waals surface area (Å²) in [4.78, 5) is 8.43. The zero-order valence-electron chi connectivity index (χ0n) is 16.8. The summed E-state index contributed by atoms with van der Waals surface area (Å²) >= 11 is 1.85. The molecule has 0 saturated carbocycles. The molecule has 0 radical (unpaired) electrons. The summed E-state index contributed by atoms with van der Waals surface area (Å²) in [6, 6.07) is 8.66. The van der Waals surface area contributed by atoms with Crippen LogP contribution in [0.3, 0.4) is 0 Å². The number of halogens is 1. The largest absolute Gasteiger partial charge is 0.370 e. The number of rotatable bonds is 6. The minimum absolute atomic E-state index is 0. The number of aliphatic imine (C=N–C) groups is 1. The van der Waals surface area contributed by atoms with Crippen LogP contribution in [-0.2, 0) is 11.8 Å². The van der Waals surface area contributed by atoms with E-state index < -0.39 is 0 Å². The van der Waals surface area contributed by atoms with E-state index in [4.69, 9.17) is 9.73 Å². The van der Waals surface area contributed by atoms with Crippen molar-refractivity contribution in [3.8, 4) is 0 Å². The number of hydrogen-bond donors (Lipinski definition) is 1. The summed E-state index contributed by atoms with van der Waals surface area (Å²) in [6.07, 6.45) is 3.95. The number of benzene rings is 1. The van der Waals surface area contributed by atoms with Gasteiger partial charge in [0.15, 0.2) is 5.96 Å². The molecule has 0 spiro atoms. The van der Waals surface area contributed by atoms with Gasteiger partial charge < -0.3 is 15.0 Å². The summed E-state index contributed by atoms with van der Waals surface area (Å²) in [7, 11) is 1.93. The average molecular weight is 515 g/mol. The van der Waals surface area contributed by atoms with Crippen molar-refractivity contribution in [1.82, 2.24) is 20.0 Å². The van der Waals surface area contributed by atoms with E-state index in [1.807, 2.05) is 35.9 Å². The number of aromatic nitrogens is 2. The molecule has 28 heavy (non-hydrogen) atoms. The molecule has 1 saturated heterocycles. The van der Waals surface area contributed by atoms with Crippen molar-refractivity contribution in [2.75, 3.05) is 38.5 Å². The fourth-order valence-electron chi connectivity index (χ4n) is 3.03. The maximum atomic E-state index is 5.95. The number of morpholine rings is 1. The van der Waals surface area contributed by atoms with E-state index in [1.54, 1.807) is 0 Å². The Labute approximate surface area is 189 Å². The summed E-state index contributed by atoms with van der Waals surface area (Å²) in [5.41, 5.74) is 2.41. The van der Waals surface area contributed by atoms with Gasteiger partial charge in [-0.25, -0.2) is 0 Å². The third-order valence-electron chi connectivity index (χ3n) is 4.44. The molecule has 1 unspecified atom stereocenters. The lowest BCUT2D eigenvalue weighted by Crippen LogP contribution is -2.48. The minimum Gasteiger partial charge on any atom is -0.370 e. The molecule has 1 fully saturated rings. The molecule has 6 nitrogen and oxygen atoms in total. The Hall–Kier alpha value is -1.26. The average Bonchev–Trinajstić information content (AvgIpc) is 3.12. The van der Waals surface area contributed by atoms with Crippen molar-refractivity contribution in [3.05, 3.63) is 47.8 Å². The maximum Gasteiger partial charge on any atom is 0.194 e. The zero-order valence-corrected chi connectivity index (χ0v) is 19.9. The van der Waals surface area contributed by atoms with Gasteiger partial charge in [-0.3, -0.25) is 9.67 Å². The molecule has 154 valence electrons. The first-order chi connectivity index (χ1) is 13.2. The van der Waals surface area contributed by atoms with E-state index in [2.05, 4.69) is 53.4 Å². The van der Waals surface area contributed by atoms with Crippen LogP contribution in [0.4, 0.5) is 0 Å². The number of nitrogens with zero attached hydrogens (tertiary/aromatic N) is 4. The Morgan fingerprint density at radius 3 is 2.82 bits per heavy atom. The smallest absolute Gasteiger partial charge is 0.194 e. The van der Waals surface area contributed by atoms with Crippen molar-refractivity contribution in [1.29, 1.82) is 0 Å². The standard InChI is InChI=1S/C20H29N5OS.HI/c1-4-21-20(22-9-12-27-18-7-5-16(2)6-8-18)25-10-11-26-19(15-25)17-13-23-24(3)14-17;/h5-8,13-14,19H,4,9-12,15H2,1-3H3,(H,21,22);1H. The summed E-state index contributed by atoms with van der Waals surface area (Å²) in [6.45, 7) is 8.21. The highest BCUT2D eigenvalue weighted by Crippen LogP contribution is 2.22. The lowest BCUT2D eigenvalue weighted by atomic mass is 10.1. The highest BCUT2D eigenvalue weighted by atomic mass is 127. The van der Waals surface area contributed by atoms with Gasteiger partial charge in [0.2, 0.25) is 0 Å². The van der Waals surface area contributed by atoms with Crippen molar-refractivity contribution >= 4 is 41.7 Å². The molecule has 0 aliphatic carbocycles.